The summed E-state index contributed by atoms with van der Waals surface area (Å²) in [6.07, 6.45) is 4.27. The first kappa shape index (κ1) is 10.5. The van der Waals surface area contributed by atoms with Gasteiger partial charge in [-0.25, -0.2) is 0 Å². The highest BCUT2D eigenvalue weighted by molar-refractivity contribution is 9.08. The maximum absolute atomic E-state index is 3.47. The molecule has 0 saturated carbocycles. The summed E-state index contributed by atoms with van der Waals surface area (Å²) in [7, 11) is 1.95. The highest BCUT2D eigenvalue weighted by Gasteiger charge is 1.94. The summed E-state index contributed by atoms with van der Waals surface area (Å²) in [6, 6.07) is 8.38. The monoisotopic (exact) mass is 239 g/mol. The molecule has 1 rings (SSSR count). The molecule has 0 aromatic heterocycles. The number of likely N-dealkylation sites (N-methyl/N-ethyl adjacent to an activating group) is 1. The van der Waals surface area contributed by atoms with E-state index in [-0.39, 0.29) is 0 Å². The Balaban J connectivity index is 2.74. The van der Waals surface area contributed by atoms with Gasteiger partial charge in [-0.2, -0.15) is 0 Å². The minimum absolute atomic E-state index is 0.910. The lowest BCUT2D eigenvalue weighted by Gasteiger charge is -2.00. The molecule has 0 aliphatic carbocycles. The smallest absolute Gasteiger partial charge is 0.0288 e. The number of halogens is 1. The lowest BCUT2D eigenvalue weighted by atomic mass is 10.1. The standard InChI is InChI=1S/C11H14BrN/c1-13-8-4-7-10-5-2-3-6-11(10)9-12/h2-7,13H,8-9H2,1H3. The quantitative estimate of drug-likeness (QED) is 0.798. The molecule has 1 aromatic carbocycles. The van der Waals surface area contributed by atoms with Gasteiger partial charge in [0, 0.05) is 11.9 Å². The molecule has 0 aliphatic rings. The third-order valence-corrected chi connectivity index (χ3v) is 2.42. The van der Waals surface area contributed by atoms with Crippen molar-refractivity contribution in [3.63, 3.8) is 0 Å². The average Bonchev–Trinajstić information content (AvgIpc) is 2.19. The van der Waals surface area contributed by atoms with Gasteiger partial charge < -0.3 is 5.32 Å². The van der Waals surface area contributed by atoms with Gasteiger partial charge in [0.2, 0.25) is 0 Å². The SMILES string of the molecule is CNCC=Cc1ccccc1CBr. The molecule has 0 bridgehead atoms. The zero-order valence-corrected chi connectivity index (χ0v) is 9.34. The van der Waals surface area contributed by atoms with Crippen molar-refractivity contribution in [2.45, 2.75) is 5.33 Å². The zero-order valence-electron chi connectivity index (χ0n) is 7.76. The molecule has 0 radical (unpaired) electrons. The molecule has 0 fully saturated rings. The number of hydrogen-bond donors (Lipinski definition) is 1. The lowest BCUT2D eigenvalue weighted by Crippen LogP contribution is -2.03. The molecule has 1 N–H and O–H groups in total. The first-order valence-corrected chi connectivity index (χ1v) is 5.45. The van der Waals surface area contributed by atoms with E-state index >= 15 is 0 Å². The van der Waals surface area contributed by atoms with Crippen molar-refractivity contribution in [2.24, 2.45) is 0 Å². The molecular weight excluding hydrogens is 226 g/mol. The second-order valence-electron chi connectivity index (χ2n) is 2.79. The highest BCUT2D eigenvalue weighted by Crippen LogP contribution is 2.13. The van der Waals surface area contributed by atoms with Crippen molar-refractivity contribution in [3.8, 4) is 0 Å². The van der Waals surface area contributed by atoms with E-state index < -0.39 is 0 Å². The van der Waals surface area contributed by atoms with Gasteiger partial charge in [-0.3, -0.25) is 0 Å². The minimum Gasteiger partial charge on any atom is -0.316 e. The Morgan fingerprint density at radius 1 is 1.38 bits per heavy atom. The maximum Gasteiger partial charge on any atom is 0.0288 e. The predicted octanol–water partition coefficient (Wildman–Crippen LogP) is 2.81. The number of benzene rings is 1. The van der Waals surface area contributed by atoms with Crippen molar-refractivity contribution in [2.75, 3.05) is 13.6 Å². The van der Waals surface area contributed by atoms with Crippen molar-refractivity contribution in [1.82, 2.24) is 5.32 Å². The number of hydrogen-bond acceptors (Lipinski definition) is 1. The van der Waals surface area contributed by atoms with E-state index in [0.29, 0.717) is 0 Å². The number of alkyl halides is 1. The van der Waals surface area contributed by atoms with Crippen molar-refractivity contribution < 1.29 is 0 Å². The zero-order chi connectivity index (χ0) is 9.52. The van der Waals surface area contributed by atoms with Gasteiger partial charge >= 0.3 is 0 Å². The molecule has 0 unspecified atom stereocenters. The minimum atomic E-state index is 0.910. The van der Waals surface area contributed by atoms with E-state index in [9.17, 15) is 0 Å². The molecule has 0 amide bonds. The Labute approximate surface area is 88.0 Å². The Kier molecular flexibility index (Phi) is 4.79. The molecule has 13 heavy (non-hydrogen) atoms. The van der Waals surface area contributed by atoms with E-state index in [1.807, 2.05) is 7.05 Å². The van der Waals surface area contributed by atoms with Crippen LogP contribution in [0.15, 0.2) is 30.3 Å². The van der Waals surface area contributed by atoms with Gasteiger partial charge in [0.05, 0.1) is 0 Å². The summed E-state index contributed by atoms with van der Waals surface area (Å²) in [5.41, 5.74) is 2.62. The van der Waals surface area contributed by atoms with Gasteiger partial charge in [0.25, 0.3) is 0 Å². The third kappa shape index (κ3) is 3.33. The van der Waals surface area contributed by atoms with E-state index in [1.165, 1.54) is 11.1 Å². The van der Waals surface area contributed by atoms with Crippen LogP contribution in [0.5, 0.6) is 0 Å². The second kappa shape index (κ2) is 5.95. The Hall–Kier alpha value is -0.600. The summed E-state index contributed by atoms with van der Waals surface area (Å²) in [5.74, 6) is 0. The second-order valence-corrected chi connectivity index (χ2v) is 3.35. The maximum atomic E-state index is 3.47. The largest absolute Gasteiger partial charge is 0.316 e. The molecule has 0 saturated heterocycles. The third-order valence-electron chi connectivity index (χ3n) is 1.82. The van der Waals surface area contributed by atoms with Crippen LogP contribution in [0.2, 0.25) is 0 Å². The van der Waals surface area contributed by atoms with Crippen LogP contribution in [0.25, 0.3) is 6.08 Å². The van der Waals surface area contributed by atoms with Crippen LogP contribution in [0.1, 0.15) is 11.1 Å². The highest BCUT2D eigenvalue weighted by atomic mass is 79.9. The van der Waals surface area contributed by atoms with E-state index in [2.05, 4.69) is 57.7 Å². The van der Waals surface area contributed by atoms with Crippen molar-refractivity contribution in [1.29, 1.82) is 0 Å². The molecule has 0 atom stereocenters. The molecule has 0 aliphatic heterocycles. The first-order chi connectivity index (χ1) is 6.38. The Morgan fingerprint density at radius 3 is 2.85 bits per heavy atom. The van der Waals surface area contributed by atoms with Crippen LogP contribution in [0.4, 0.5) is 0 Å². The van der Waals surface area contributed by atoms with Crippen LogP contribution in [0.3, 0.4) is 0 Å². The molecule has 2 heteroatoms. The van der Waals surface area contributed by atoms with E-state index in [1.54, 1.807) is 0 Å². The van der Waals surface area contributed by atoms with E-state index in [0.717, 1.165) is 11.9 Å². The molecule has 1 aromatic rings. The summed E-state index contributed by atoms with van der Waals surface area (Å²) >= 11 is 3.47. The fraction of sp³-hybridized carbons (Fsp3) is 0.273. The molecule has 0 heterocycles. The molecule has 1 nitrogen and oxygen atoms in total. The summed E-state index contributed by atoms with van der Waals surface area (Å²) < 4.78 is 0. The van der Waals surface area contributed by atoms with Crippen LogP contribution in [0, 0.1) is 0 Å². The summed E-state index contributed by atoms with van der Waals surface area (Å²) in [4.78, 5) is 0. The molecule has 0 spiro atoms. The van der Waals surface area contributed by atoms with Crippen molar-refractivity contribution in [3.05, 3.63) is 41.5 Å². The predicted molar refractivity (Wildman–Crippen MR) is 62.0 cm³/mol. The van der Waals surface area contributed by atoms with Crippen LogP contribution >= 0.6 is 15.9 Å². The molecular formula is C11H14BrN. The average molecular weight is 240 g/mol. The van der Waals surface area contributed by atoms with Gasteiger partial charge in [0.15, 0.2) is 0 Å². The fourth-order valence-electron chi connectivity index (χ4n) is 1.12. The fourth-order valence-corrected chi connectivity index (χ4v) is 1.63. The normalized spacial score (nSPS) is 10.9. The van der Waals surface area contributed by atoms with Gasteiger partial charge in [-0.05, 0) is 18.2 Å². The first-order valence-electron chi connectivity index (χ1n) is 4.33. The summed E-state index contributed by atoms with van der Waals surface area (Å²) in [6.45, 7) is 0.913. The van der Waals surface area contributed by atoms with E-state index in [4.69, 9.17) is 0 Å². The van der Waals surface area contributed by atoms with Crippen molar-refractivity contribution >= 4 is 22.0 Å². The topological polar surface area (TPSA) is 12.0 Å². The number of rotatable bonds is 4. The summed E-state index contributed by atoms with van der Waals surface area (Å²) in [5, 5.41) is 3.99. The van der Waals surface area contributed by atoms with Crippen LogP contribution in [-0.4, -0.2) is 13.6 Å². The lowest BCUT2D eigenvalue weighted by molar-refractivity contribution is 0.922. The number of nitrogens with one attached hydrogen (secondary N) is 1. The Bertz CT molecular complexity index is 281. The Morgan fingerprint density at radius 2 is 2.15 bits per heavy atom. The van der Waals surface area contributed by atoms with Crippen LogP contribution in [-0.2, 0) is 5.33 Å². The van der Waals surface area contributed by atoms with Gasteiger partial charge in [0.1, 0.15) is 0 Å². The van der Waals surface area contributed by atoms with Gasteiger partial charge in [-0.15, -0.1) is 0 Å². The molecule has 70 valence electrons. The van der Waals surface area contributed by atoms with Crippen LogP contribution < -0.4 is 5.32 Å². The van der Waals surface area contributed by atoms with Gasteiger partial charge in [-0.1, -0.05) is 52.3 Å².